The van der Waals surface area contributed by atoms with E-state index in [9.17, 15) is 5.11 Å². The van der Waals surface area contributed by atoms with Gasteiger partial charge < -0.3 is 5.11 Å². The highest BCUT2D eigenvalue weighted by atomic mass is 35.5. The molecule has 0 fully saturated rings. The van der Waals surface area contributed by atoms with Gasteiger partial charge in [0.15, 0.2) is 0 Å². The van der Waals surface area contributed by atoms with Crippen LogP contribution in [-0.2, 0) is 0 Å². The lowest BCUT2D eigenvalue weighted by molar-refractivity contribution is 0.476. The maximum absolute atomic E-state index is 9.21. The molecule has 1 aromatic heterocycles. The molecule has 1 heterocycles. The fourth-order valence-electron chi connectivity index (χ4n) is 0.971. The molecule has 2 aromatic rings. The minimum atomic E-state index is 0.154. The van der Waals surface area contributed by atoms with Crippen LogP contribution in [0, 0.1) is 0 Å². The maximum atomic E-state index is 9.21. The highest BCUT2D eigenvalue weighted by molar-refractivity contribution is 7.17. The molecule has 1 N–H and O–H groups in total. The first-order valence-corrected chi connectivity index (χ1v) is 4.39. The van der Waals surface area contributed by atoms with Gasteiger partial charge in [0.1, 0.15) is 5.75 Å². The number of phenols is 1. The molecule has 0 spiro atoms. The van der Waals surface area contributed by atoms with Crippen LogP contribution in [0.2, 0.25) is 5.02 Å². The second-order valence-corrected chi connectivity index (χ2v) is 3.62. The summed E-state index contributed by atoms with van der Waals surface area (Å²) >= 11 is 7.29. The molecule has 0 aliphatic rings. The molecule has 0 atom stereocenters. The number of fused-ring (bicyclic) bond motifs is 1. The van der Waals surface area contributed by atoms with Crippen molar-refractivity contribution in [2.24, 2.45) is 0 Å². The van der Waals surface area contributed by atoms with Gasteiger partial charge in [-0.15, -0.1) is 11.3 Å². The summed E-state index contributed by atoms with van der Waals surface area (Å²) in [4.78, 5) is 0. The molecule has 0 aliphatic carbocycles. The average Bonchev–Trinajstić information content (AvgIpc) is 2.36. The standard InChI is InChI=1S/C8H5ClOS/c9-6-3-5-1-2-11-8(5)4-7(6)10/h1-4,10H. The number of aromatic hydroxyl groups is 1. The Morgan fingerprint density at radius 1 is 1.36 bits per heavy atom. The van der Waals surface area contributed by atoms with E-state index in [-0.39, 0.29) is 5.75 Å². The van der Waals surface area contributed by atoms with Crippen molar-refractivity contribution in [1.29, 1.82) is 0 Å². The highest BCUT2D eigenvalue weighted by Crippen LogP contribution is 2.31. The van der Waals surface area contributed by atoms with Crippen LogP contribution in [0.5, 0.6) is 5.75 Å². The normalized spacial score (nSPS) is 10.6. The zero-order chi connectivity index (χ0) is 7.84. The van der Waals surface area contributed by atoms with Gasteiger partial charge in [0.25, 0.3) is 0 Å². The van der Waals surface area contributed by atoms with Crippen molar-refractivity contribution in [3.8, 4) is 5.75 Å². The van der Waals surface area contributed by atoms with Gasteiger partial charge >= 0.3 is 0 Å². The number of hydrogen-bond donors (Lipinski definition) is 1. The van der Waals surface area contributed by atoms with Gasteiger partial charge in [-0.05, 0) is 29.0 Å². The number of thiophene rings is 1. The third kappa shape index (κ3) is 1.08. The van der Waals surface area contributed by atoms with Crippen LogP contribution < -0.4 is 0 Å². The van der Waals surface area contributed by atoms with Crippen molar-refractivity contribution in [2.45, 2.75) is 0 Å². The lowest BCUT2D eigenvalue weighted by atomic mass is 10.2. The lowest BCUT2D eigenvalue weighted by Crippen LogP contribution is -1.66. The Bertz CT molecular complexity index is 358. The Morgan fingerprint density at radius 3 is 3.00 bits per heavy atom. The van der Waals surface area contributed by atoms with Crippen LogP contribution in [0.25, 0.3) is 10.1 Å². The van der Waals surface area contributed by atoms with Crippen LogP contribution >= 0.6 is 22.9 Å². The third-order valence-electron chi connectivity index (χ3n) is 1.52. The summed E-state index contributed by atoms with van der Waals surface area (Å²) in [6.45, 7) is 0. The van der Waals surface area contributed by atoms with Gasteiger partial charge in [0.05, 0.1) is 5.02 Å². The van der Waals surface area contributed by atoms with E-state index >= 15 is 0 Å². The summed E-state index contributed by atoms with van der Waals surface area (Å²) in [7, 11) is 0. The molecule has 11 heavy (non-hydrogen) atoms. The molecule has 0 bridgehead atoms. The van der Waals surface area contributed by atoms with E-state index in [1.807, 2.05) is 11.4 Å². The Morgan fingerprint density at radius 2 is 2.18 bits per heavy atom. The largest absolute Gasteiger partial charge is 0.506 e. The SMILES string of the molecule is Oc1cc2sccc2cc1Cl. The van der Waals surface area contributed by atoms with Gasteiger partial charge in [0, 0.05) is 4.70 Å². The zero-order valence-electron chi connectivity index (χ0n) is 5.54. The van der Waals surface area contributed by atoms with Crippen molar-refractivity contribution in [2.75, 3.05) is 0 Å². The molecular formula is C8H5ClOS. The number of benzene rings is 1. The van der Waals surface area contributed by atoms with E-state index in [0.717, 1.165) is 10.1 Å². The van der Waals surface area contributed by atoms with Crippen molar-refractivity contribution in [3.63, 3.8) is 0 Å². The molecule has 1 nitrogen and oxygen atoms in total. The molecule has 0 saturated heterocycles. The number of hydrogen-bond acceptors (Lipinski definition) is 2. The second-order valence-electron chi connectivity index (χ2n) is 2.26. The molecular weight excluding hydrogens is 180 g/mol. The quantitative estimate of drug-likeness (QED) is 0.667. The molecule has 0 radical (unpaired) electrons. The summed E-state index contributed by atoms with van der Waals surface area (Å²) in [6.07, 6.45) is 0. The van der Waals surface area contributed by atoms with Crippen LogP contribution in [0.4, 0.5) is 0 Å². The van der Waals surface area contributed by atoms with E-state index < -0.39 is 0 Å². The number of rotatable bonds is 0. The summed E-state index contributed by atoms with van der Waals surface area (Å²) in [5, 5.41) is 12.7. The van der Waals surface area contributed by atoms with Crippen molar-refractivity contribution < 1.29 is 5.11 Å². The first-order valence-electron chi connectivity index (χ1n) is 3.13. The number of phenolic OH excluding ortho intramolecular Hbond substituents is 1. The molecule has 2 rings (SSSR count). The van der Waals surface area contributed by atoms with E-state index in [1.165, 1.54) is 0 Å². The van der Waals surface area contributed by atoms with Crippen molar-refractivity contribution >= 4 is 33.0 Å². The average molecular weight is 185 g/mol. The van der Waals surface area contributed by atoms with Gasteiger partial charge in [-0.25, -0.2) is 0 Å². The molecule has 56 valence electrons. The minimum Gasteiger partial charge on any atom is -0.506 e. The summed E-state index contributed by atoms with van der Waals surface area (Å²) in [5.41, 5.74) is 0. The van der Waals surface area contributed by atoms with Crippen LogP contribution in [0.1, 0.15) is 0 Å². The van der Waals surface area contributed by atoms with E-state index in [1.54, 1.807) is 23.5 Å². The first-order chi connectivity index (χ1) is 5.27. The van der Waals surface area contributed by atoms with Crippen molar-refractivity contribution in [1.82, 2.24) is 0 Å². The van der Waals surface area contributed by atoms with Crippen molar-refractivity contribution in [3.05, 3.63) is 28.6 Å². The summed E-state index contributed by atoms with van der Waals surface area (Å²) in [6, 6.07) is 5.43. The smallest absolute Gasteiger partial charge is 0.135 e. The van der Waals surface area contributed by atoms with Crippen LogP contribution in [0.15, 0.2) is 23.6 Å². The predicted octanol–water partition coefficient (Wildman–Crippen LogP) is 3.26. The Labute approximate surface area is 72.9 Å². The fourth-order valence-corrected chi connectivity index (χ4v) is 1.95. The molecule has 3 heteroatoms. The zero-order valence-corrected chi connectivity index (χ0v) is 7.12. The third-order valence-corrected chi connectivity index (χ3v) is 2.70. The van der Waals surface area contributed by atoms with Crippen LogP contribution in [0.3, 0.4) is 0 Å². The monoisotopic (exact) mass is 184 g/mol. The minimum absolute atomic E-state index is 0.154. The fraction of sp³-hybridized carbons (Fsp3) is 0. The summed E-state index contributed by atoms with van der Waals surface area (Å²) < 4.78 is 1.06. The van der Waals surface area contributed by atoms with Crippen LogP contribution in [-0.4, -0.2) is 5.11 Å². The van der Waals surface area contributed by atoms with Gasteiger partial charge in [-0.3, -0.25) is 0 Å². The Balaban J connectivity index is 2.86. The van der Waals surface area contributed by atoms with Gasteiger partial charge in [-0.2, -0.15) is 0 Å². The molecule has 0 unspecified atom stereocenters. The molecule has 0 amide bonds. The van der Waals surface area contributed by atoms with E-state index in [4.69, 9.17) is 11.6 Å². The first kappa shape index (κ1) is 6.95. The van der Waals surface area contributed by atoms with Gasteiger partial charge in [-0.1, -0.05) is 11.6 Å². The predicted molar refractivity (Wildman–Crippen MR) is 48.5 cm³/mol. The highest BCUT2D eigenvalue weighted by Gasteiger charge is 2.00. The molecule has 0 saturated carbocycles. The summed E-state index contributed by atoms with van der Waals surface area (Å²) in [5.74, 6) is 0.154. The van der Waals surface area contributed by atoms with E-state index in [0.29, 0.717) is 5.02 Å². The topological polar surface area (TPSA) is 20.2 Å². The second kappa shape index (κ2) is 2.40. The molecule has 0 aliphatic heterocycles. The number of halogens is 1. The molecule has 1 aromatic carbocycles. The van der Waals surface area contributed by atoms with E-state index in [2.05, 4.69) is 0 Å². The maximum Gasteiger partial charge on any atom is 0.135 e. The Hall–Kier alpha value is -0.730. The Kier molecular flexibility index (Phi) is 1.51. The lowest BCUT2D eigenvalue weighted by Gasteiger charge is -1.94. The van der Waals surface area contributed by atoms with Gasteiger partial charge in [0.2, 0.25) is 0 Å².